The number of unbranched alkanes of at least 4 members (excludes halogenated alkanes) is 2. The first-order valence-corrected chi connectivity index (χ1v) is 9.76. The maximum absolute atomic E-state index is 12.7. The van der Waals surface area contributed by atoms with E-state index < -0.39 is 29.9 Å². The van der Waals surface area contributed by atoms with Gasteiger partial charge in [-0.1, -0.05) is 31.1 Å². The molecule has 1 aliphatic rings. The highest BCUT2D eigenvalue weighted by molar-refractivity contribution is 6.00. The van der Waals surface area contributed by atoms with Crippen molar-refractivity contribution in [3.05, 3.63) is 42.1 Å². The van der Waals surface area contributed by atoms with E-state index in [1.165, 1.54) is 23.2 Å². The fourth-order valence-electron chi connectivity index (χ4n) is 3.16. The number of aromatic hydroxyl groups is 1. The molecule has 1 aromatic carbocycles. The van der Waals surface area contributed by atoms with Crippen LogP contribution in [0.25, 0.3) is 0 Å². The van der Waals surface area contributed by atoms with Crippen molar-refractivity contribution in [2.75, 3.05) is 0 Å². The summed E-state index contributed by atoms with van der Waals surface area (Å²) in [5, 5.41) is 19.2. The molecule has 4 N–H and O–H groups in total. The number of rotatable bonds is 10. The first-order valence-electron chi connectivity index (χ1n) is 9.76. The number of nitrogens with zero attached hydrogens (tertiary/aromatic N) is 1. The molecule has 0 radical (unpaired) electrons. The summed E-state index contributed by atoms with van der Waals surface area (Å²) in [5.41, 5.74) is 5.13. The Hall–Kier alpha value is -2.87. The molecule has 0 saturated heterocycles. The van der Waals surface area contributed by atoms with Crippen molar-refractivity contribution in [3.63, 3.8) is 0 Å². The molecule has 8 nitrogen and oxygen atoms in total. The lowest BCUT2D eigenvalue weighted by Crippen LogP contribution is -2.40. The zero-order valence-electron chi connectivity index (χ0n) is 16.5. The second-order valence-electron chi connectivity index (χ2n) is 7.17. The predicted molar refractivity (Wildman–Crippen MR) is 106 cm³/mol. The van der Waals surface area contributed by atoms with Gasteiger partial charge in [0.15, 0.2) is 0 Å². The van der Waals surface area contributed by atoms with Gasteiger partial charge in [0.1, 0.15) is 17.9 Å². The van der Waals surface area contributed by atoms with Gasteiger partial charge in [0.2, 0.25) is 5.91 Å². The van der Waals surface area contributed by atoms with Crippen LogP contribution in [0, 0.1) is 0 Å². The van der Waals surface area contributed by atoms with E-state index >= 15 is 0 Å². The second-order valence-corrected chi connectivity index (χ2v) is 7.17. The number of hydrogen-bond acceptors (Lipinski definition) is 6. The Morgan fingerprint density at radius 2 is 1.90 bits per heavy atom. The predicted octanol–water partition coefficient (Wildman–Crippen LogP) is 1.85. The molecule has 1 aromatic rings. The van der Waals surface area contributed by atoms with Gasteiger partial charge in [-0.25, -0.2) is 4.79 Å². The molecular formula is C21H28N2O6. The van der Waals surface area contributed by atoms with E-state index in [9.17, 15) is 24.6 Å². The third-order valence-electron chi connectivity index (χ3n) is 4.84. The molecule has 0 unspecified atom stereocenters. The standard InChI is InChI=1S/C21H28N2O6/c1-14(8-3-2-4-12-18(25)19(22)26)29-21(28)16-10-7-13-23(16)20(27)15-9-5-6-11-17(15)24/h5-7,9,11,13-14,16,18,24-25H,2-4,8,10,12H2,1H3,(H2,22,26)/t14-,16+,18-/m1/s1. The van der Waals surface area contributed by atoms with Gasteiger partial charge in [-0.2, -0.15) is 0 Å². The number of phenols is 1. The Labute approximate surface area is 169 Å². The molecule has 158 valence electrons. The molecule has 3 atom stereocenters. The Balaban J connectivity index is 1.80. The highest BCUT2D eigenvalue weighted by atomic mass is 16.5. The Morgan fingerprint density at radius 3 is 2.59 bits per heavy atom. The summed E-state index contributed by atoms with van der Waals surface area (Å²) in [7, 11) is 0. The first-order chi connectivity index (χ1) is 13.8. The number of primary amides is 1. The number of aliphatic hydroxyl groups is 1. The zero-order chi connectivity index (χ0) is 21.4. The van der Waals surface area contributed by atoms with Gasteiger partial charge in [0, 0.05) is 6.20 Å². The molecule has 2 rings (SSSR count). The topological polar surface area (TPSA) is 130 Å². The normalized spacial score (nSPS) is 17.7. The molecule has 8 heteroatoms. The van der Waals surface area contributed by atoms with E-state index in [-0.39, 0.29) is 17.4 Å². The number of phenolic OH excluding ortho intramolecular Hbond substituents is 1. The summed E-state index contributed by atoms with van der Waals surface area (Å²) >= 11 is 0. The third-order valence-corrected chi connectivity index (χ3v) is 4.84. The number of esters is 1. The van der Waals surface area contributed by atoms with Crippen LogP contribution < -0.4 is 5.73 Å². The first kappa shape index (κ1) is 22.4. The molecular weight excluding hydrogens is 376 g/mol. The van der Waals surface area contributed by atoms with E-state index in [2.05, 4.69) is 0 Å². The third kappa shape index (κ3) is 6.32. The lowest BCUT2D eigenvalue weighted by Gasteiger charge is -2.24. The van der Waals surface area contributed by atoms with Crippen LogP contribution in [0.4, 0.5) is 0 Å². The zero-order valence-corrected chi connectivity index (χ0v) is 16.5. The van der Waals surface area contributed by atoms with Crippen LogP contribution in [-0.2, 0) is 14.3 Å². The van der Waals surface area contributed by atoms with E-state index in [1.807, 2.05) is 0 Å². The van der Waals surface area contributed by atoms with Crippen molar-refractivity contribution in [3.8, 4) is 5.75 Å². The number of ether oxygens (including phenoxy) is 1. The lowest BCUT2D eigenvalue weighted by molar-refractivity contribution is -0.152. The molecule has 0 spiro atoms. The molecule has 2 amide bonds. The van der Waals surface area contributed by atoms with E-state index in [0.29, 0.717) is 25.7 Å². The number of carbonyl (C=O) groups is 3. The Bertz CT molecular complexity index is 763. The van der Waals surface area contributed by atoms with Gasteiger partial charge < -0.3 is 25.6 Å². The maximum Gasteiger partial charge on any atom is 0.329 e. The minimum Gasteiger partial charge on any atom is -0.507 e. The fourth-order valence-corrected chi connectivity index (χ4v) is 3.16. The van der Waals surface area contributed by atoms with E-state index in [1.54, 1.807) is 25.1 Å². The summed E-state index contributed by atoms with van der Waals surface area (Å²) in [6.45, 7) is 1.79. The Morgan fingerprint density at radius 1 is 1.21 bits per heavy atom. The van der Waals surface area contributed by atoms with Crippen molar-refractivity contribution < 1.29 is 29.3 Å². The molecule has 1 aliphatic heterocycles. The van der Waals surface area contributed by atoms with Crippen LogP contribution in [0.5, 0.6) is 5.75 Å². The van der Waals surface area contributed by atoms with Gasteiger partial charge in [0.05, 0.1) is 11.7 Å². The van der Waals surface area contributed by atoms with Crippen LogP contribution in [0.1, 0.15) is 55.8 Å². The van der Waals surface area contributed by atoms with Crippen molar-refractivity contribution >= 4 is 17.8 Å². The average molecular weight is 404 g/mol. The largest absolute Gasteiger partial charge is 0.507 e. The molecule has 0 aromatic heterocycles. The fraction of sp³-hybridized carbons (Fsp3) is 0.476. The van der Waals surface area contributed by atoms with Crippen molar-refractivity contribution in [1.82, 2.24) is 4.90 Å². The summed E-state index contributed by atoms with van der Waals surface area (Å²) in [4.78, 5) is 37.3. The van der Waals surface area contributed by atoms with Crippen LogP contribution >= 0.6 is 0 Å². The number of nitrogens with two attached hydrogens (primary N) is 1. The highest BCUT2D eigenvalue weighted by Gasteiger charge is 2.34. The van der Waals surface area contributed by atoms with Crippen molar-refractivity contribution in [2.24, 2.45) is 5.73 Å². The summed E-state index contributed by atoms with van der Waals surface area (Å²) in [6, 6.07) is 5.43. The molecule has 1 heterocycles. The van der Waals surface area contributed by atoms with Gasteiger partial charge in [-0.3, -0.25) is 9.59 Å². The highest BCUT2D eigenvalue weighted by Crippen LogP contribution is 2.24. The summed E-state index contributed by atoms with van der Waals surface area (Å²) in [6.07, 6.45) is 5.31. The number of aliphatic hydroxyl groups excluding tert-OH is 1. The SMILES string of the molecule is C[C@H](CCCCC[C@@H](O)C(N)=O)OC(=O)[C@@H]1CC=CN1C(=O)c1ccccc1O. The second kappa shape index (κ2) is 10.6. The molecule has 0 saturated carbocycles. The molecule has 0 fully saturated rings. The maximum atomic E-state index is 12.7. The molecule has 0 aliphatic carbocycles. The number of para-hydroxylation sites is 1. The summed E-state index contributed by atoms with van der Waals surface area (Å²) < 4.78 is 5.49. The lowest BCUT2D eigenvalue weighted by atomic mass is 10.1. The van der Waals surface area contributed by atoms with Crippen LogP contribution in [0.3, 0.4) is 0 Å². The molecule has 0 bridgehead atoms. The smallest absolute Gasteiger partial charge is 0.329 e. The minimum atomic E-state index is -1.12. The van der Waals surface area contributed by atoms with E-state index in [4.69, 9.17) is 10.5 Å². The van der Waals surface area contributed by atoms with Crippen molar-refractivity contribution in [2.45, 2.75) is 63.7 Å². The Kier molecular flexibility index (Phi) is 8.21. The minimum absolute atomic E-state index is 0.128. The number of benzene rings is 1. The van der Waals surface area contributed by atoms with Gasteiger partial charge in [0.25, 0.3) is 5.91 Å². The number of hydrogen-bond donors (Lipinski definition) is 3. The van der Waals surface area contributed by atoms with Crippen molar-refractivity contribution in [1.29, 1.82) is 0 Å². The number of amides is 2. The van der Waals surface area contributed by atoms with Crippen LogP contribution in [0.2, 0.25) is 0 Å². The average Bonchev–Trinajstić information content (AvgIpc) is 3.17. The number of carbonyl (C=O) groups excluding carboxylic acids is 3. The quantitative estimate of drug-likeness (QED) is 0.403. The van der Waals surface area contributed by atoms with Gasteiger partial charge in [-0.05, 0) is 44.7 Å². The van der Waals surface area contributed by atoms with Gasteiger partial charge in [-0.15, -0.1) is 0 Å². The van der Waals surface area contributed by atoms with E-state index in [0.717, 1.165) is 12.8 Å². The van der Waals surface area contributed by atoms with Crippen LogP contribution in [-0.4, -0.2) is 51.1 Å². The van der Waals surface area contributed by atoms with Gasteiger partial charge >= 0.3 is 5.97 Å². The monoisotopic (exact) mass is 404 g/mol. The molecule has 29 heavy (non-hydrogen) atoms. The van der Waals surface area contributed by atoms with Crippen LogP contribution in [0.15, 0.2) is 36.5 Å². The summed E-state index contributed by atoms with van der Waals surface area (Å²) in [5.74, 6) is -1.81.